The van der Waals surface area contributed by atoms with E-state index in [0.717, 1.165) is 17.8 Å². The molecule has 3 nitrogen and oxygen atoms in total. The Morgan fingerprint density at radius 2 is 1.78 bits per heavy atom. The Labute approximate surface area is 115 Å². The van der Waals surface area contributed by atoms with Crippen LogP contribution in [0, 0.1) is 13.8 Å². The zero-order chi connectivity index (χ0) is 13.5. The van der Waals surface area contributed by atoms with Crippen LogP contribution in [0.5, 0.6) is 0 Å². The van der Waals surface area contributed by atoms with E-state index in [9.17, 15) is 0 Å². The van der Waals surface area contributed by atoms with Crippen LogP contribution >= 0.6 is 11.6 Å². The first kappa shape index (κ1) is 15.2. The Hall–Kier alpha value is -0.830. The fraction of sp³-hybridized carbons (Fsp3) is 0.714. The third-order valence-electron chi connectivity index (χ3n) is 3.14. The van der Waals surface area contributed by atoms with Gasteiger partial charge in [0.2, 0.25) is 0 Å². The highest BCUT2D eigenvalue weighted by atomic mass is 35.5. The molecule has 0 saturated heterocycles. The highest BCUT2D eigenvalue weighted by Crippen LogP contribution is 2.20. The zero-order valence-corrected chi connectivity index (χ0v) is 12.6. The maximum Gasteiger partial charge on any atom is 0.171 e. The number of rotatable bonds is 7. The average molecular weight is 270 g/mol. The SMILES string of the molecule is CCCCCCC(C)Nc1nc(C)c(C)nc1Cl. The van der Waals surface area contributed by atoms with Gasteiger partial charge in [-0.25, -0.2) is 9.97 Å². The van der Waals surface area contributed by atoms with Crippen molar-refractivity contribution in [3.05, 3.63) is 16.5 Å². The number of unbranched alkanes of at least 4 members (excludes halogenated alkanes) is 3. The summed E-state index contributed by atoms with van der Waals surface area (Å²) in [5, 5.41) is 3.82. The molecule has 0 saturated carbocycles. The summed E-state index contributed by atoms with van der Waals surface area (Å²) < 4.78 is 0. The van der Waals surface area contributed by atoms with Crippen molar-refractivity contribution in [3.8, 4) is 0 Å². The van der Waals surface area contributed by atoms with Gasteiger partial charge in [-0.2, -0.15) is 0 Å². The predicted molar refractivity (Wildman–Crippen MR) is 78.4 cm³/mol. The Morgan fingerprint density at radius 1 is 1.11 bits per heavy atom. The largest absolute Gasteiger partial charge is 0.365 e. The summed E-state index contributed by atoms with van der Waals surface area (Å²) >= 11 is 6.09. The van der Waals surface area contributed by atoms with Gasteiger partial charge >= 0.3 is 0 Å². The van der Waals surface area contributed by atoms with Crippen molar-refractivity contribution in [2.45, 2.75) is 65.8 Å². The smallest absolute Gasteiger partial charge is 0.171 e. The molecular weight excluding hydrogens is 246 g/mol. The van der Waals surface area contributed by atoms with E-state index in [1.807, 2.05) is 13.8 Å². The third-order valence-corrected chi connectivity index (χ3v) is 3.40. The number of aromatic nitrogens is 2. The summed E-state index contributed by atoms with van der Waals surface area (Å²) in [7, 11) is 0. The number of hydrogen-bond acceptors (Lipinski definition) is 3. The van der Waals surface area contributed by atoms with E-state index in [-0.39, 0.29) is 0 Å². The molecule has 0 aliphatic rings. The number of hydrogen-bond donors (Lipinski definition) is 1. The van der Waals surface area contributed by atoms with Crippen molar-refractivity contribution >= 4 is 17.4 Å². The van der Waals surface area contributed by atoms with E-state index >= 15 is 0 Å². The van der Waals surface area contributed by atoms with Crippen LogP contribution in [0.1, 0.15) is 57.3 Å². The molecule has 1 N–H and O–H groups in total. The molecule has 1 atom stereocenters. The van der Waals surface area contributed by atoms with Gasteiger partial charge in [-0.3, -0.25) is 0 Å². The average Bonchev–Trinajstić information content (AvgIpc) is 2.32. The van der Waals surface area contributed by atoms with Gasteiger partial charge < -0.3 is 5.32 Å². The van der Waals surface area contributed by atoms with Gasteiger partial charge in [-0.15, -0.1) is 0 Å². The lowest BCUT2D eigenvalue weighted by Crippen LogP contribution is -2.17. The van der Waals surface area contributed by atoms with Gasteiger partial charge in [0, 0.05) is 6.04 Å². The fourth-order valence-electron chi connectivity index (χ4n) is 1.85. The Morgan fingerprint density at radius 3 is 2.44 bits per heavy atom. The maximum absolute atomic E-state index is 6.09. The number of aryl methyl sites for hydroxylation is 2. The minimum absolute atomic E-state index is 0.385. The van der Waals surface area contributed by atoms with Crippen molar-refractivity contribution < 1.29 is 0 Å². The second-order valence-electron chi connectivity index (χ2n) is 4.93. The van der Waals surface area contributed by atoms with E-state index in [1.165, 1.54) is 25.7 Å². The number of nitrogens with one attached hydrogen (secondary N) is 1. The second-order valence-corrected chi connectivity index (χ2v) is 5.29. The van der Waals surface area contributed by atoms with Crippen LogP contribution in [0.3, 0.4) is 0 Å². The topological polar surface area (TPSA) is 37.8 Å². The molecule has 0 amide bonds. The summed E-state index contributed by atoms with van der Waals surface area (Å²) in [5.41, 5.74) is 1.82. The second kappa shape index (κ2) is 7.57. The lowest BCUT2D eigenvalue weighted by atomic mass is 10.1. The summed E-state index contributed by atoms with van der Waals surface area (Å²) in [5.74, 6) is 0.711. The van der Waals surface area contributed by atoms with Crippen LogP contribution in [0.15, 0.2) is 0 Å². The van der Waals surface area contributed by atoms with Gasteiger partial charge in [-0.05, 0) is 27.2 Å². The molecule has 0 aliphatic carbocycles. The first-order valence-electron chi connectivity index (χ1n) is 6.81. The number of anilines is 1. The van der Waals surface area contributed by atoms with Gasteiger partial charge in [0.15, 0.2) is 11.0 Å². The molecule has 102 valence electrons. The summed E-state index contributed by atoms with van der Waals surface area (Å²) in [6, 6.07) is 0.385. The standard InChI is InChI=1S/C14H24ClN3/c1-5-6-7-8-9-10(2)16-14-13(15)17-11(3)12(4)18-14/h10H,5-9H2,1-4H3,(H,16,18). The van der Waals surface area contributed by atoms with Gasteiger partial charge in [-0.1, -0.05) is 44.2 Å². The summed E-state index contributed by atoms with van der Waals surface area (Å²) in [6.45, 7) is 8.27. The lowest BCUT2D eigenvalue weighted by molar-refractivity contribution is 0.592. The first-order valence-corrected chi connectivity index (χ1v) is 7.19. The first-order chi connectivity index (χ1) is 8.54. The van der Waals surface area contributed by atoms with Crippen LogP contribution < -0.4 is 5.32 Å². The molecule has 0 bridgehead atoms. The lowest BCUT2D eigenvalue weighted by Gasteiger charge is -2.16. The molecule has 0 fully saturated rings. The molecule has 0 aliphatic heterocycles. The van der Waals surface area contributed by atoms with Gasteiger partial charge in [0.1, 0.15) is 0 Å². The van der Waals surface area contributed by atoms with E-state index in [2.05, 4.69) is 29.1 Å². The van der Waals surface area contributed by atoms with E-state index in [1.54, 1.807) is 0 Å². The van der Waals surface area contributed by atoms with Crippen molar-refractivity contribution in [1.82, 2.24) is 9.97 Å². The van der Waals surface area contributed by atoms with Crippen LogP contribution in [0.25, 0.3) is 0 Å². The Balaban J connectivity index is 2.48. The normalized spacial score (nSPS) is 12.5. The van der Waals surface area contributed by atoms with Crippen molar-refractivity contribution in [2.75, 3.05) is 5.32 Å². The molecule has 1 aromatic heterocycles. The molecule has 1 unspecified atom stereocenters. The predicted octanol–water partition coefficient (Wildman–Crippen LogP) is 4.52. The molecule has 1 aromatic rings. The van der Waals surface area contributed by atoms with Crippen molar-refractivity contribution in [2.24, 2.45) is 0 Å². The molecule has 0 radical (unpaired) electrons. The molecular formula is C14H24ClN3. The van der Waals surface area contributed by atoms with Crippen LogP contribution in [-0.4, -0.2) is 16.0 Å². The quantitative estimate of drug-likeness (QED) is 0.740. The molecule has 18 heavy (non-hydrogen) atoms. The monoisotopic (exact) mass is 269 g/mol. The van der Waals surface area contributed by atoms with Gasteiger partial charge in [0.05, 0.1) is 11.4 Å². The minimum Gasteiger partial charge on any atom is -0.365 e. The number of nitrogens with zero attached hydrogens (tertiary/aromatic N) is 2. The summed E-state index contributed by atoms with van der Waals surface area (Å²) in [4.78, 5) is 8.73. The van der Waals surface area contributed by atoms with Gasteiger partial charge in [0.25, 0.3) is 0 Å². The third kappa shape index (κ3) is 4.81. The number of halogens is 1. The molecule has 1 heterocycles. The Kier molecular flexibility index (Phi) is 6.41. The van der Waals surface area contributed by atoms with Crippen molar-refractivity contribution in [1.29, 1.82) is 0 Å². The van der Waals surface area contributed by atoms with Crippen molar-refractivity contribution in [3.63, 3.8) is 0 Å². The molecule has 0 spiro atoms. The van der Waals surface area contributed by atoms with Crippen LogP contribution in [-0.2, 0) is 0 Å². The summed E-state index contributed by atoms with van der Waals surface area (Å²) in [6.07, 6.45) is 6.28. The van der Waals surface area contributed by atoms with E-state index < -0.39 is 0 Å². The molecule has 0 aromatic carbocycles. The van der Waals surface area contributed by atoms with E-state index in [0.29, 0.717) is 17.0 Å². The molecule has 1 rings (SSSR count). The fourth-order valence-corrected chi connectivity index (χ4v) is 2.07. The van der Waals surface area contributed by atoms with E-state index in [4.69, 9.17) is 11.6 Å². The minimum atomic E-state index is 0.385. The zero-order valence-electron chi connectivity index (χ0n) is 11.9. The molecule has 4 heteroatoms. The Bertz CT molecular complexity index is 380. The maximum atomic E-state index is 6.09. The highest BCUT2D eigenvalue weighted by Gasteiger charge is 2.09. The highest BCUT2D eigenvalue weighted by molar-refractivity contribution is 6.31. The van der Waals surface area contributed by atoms with Crippen LogP contribution in [0.2, 0.25) is 5.15 Å². The van der Waals surface area contributed by atoms with Crippen LogP contribution in [0.4, 0.5) is 5.82 Å².